The molecule has 0 bridgehead atoms. The molecule has 85 heavy (non-hydrogen) atoms. The zero-order chi connectivity index (χ0) is 61.6. The van der Waals surface area contributed by atoms with E-state index >= 15 is 0 Å². The first-order valence-electron chi connectivity index (χ1n) is 31.3. The van der Waals surface area contributed by atoms with E-state index in [9.17, 15) is 0 Å². The quantitative estimate of drug-likeness (QED) is 0.0629. The van der Waals surface area contributed by atoms with Gasteiger partial charge in [-0.05, 0) is 0 Å². The van der Waals surface area contributed by atoms with Gasteiger partial charge in [0, 0.05) is 0 Å². The Balaban J connectivity index is 1.86. The van der Waals surface area contributed by atoms with E-state index in [-0.39, 0.29) is 9.44 Å². The first-order chi connectivity index (χ1) is 40.1. The first-order valence-corrected chi connectivity index (χ1v) is 60.2. The van der Waals surface area contributed by atoms with Crippen molar-refractivity contribution in [2.45, 2.75) is 127 Å². The molecule has 0 fully saturated rings. The second-order valence-electron chi connectivity index (χ2n) is 29.3. The molecule has 0 aromatic heterocycles. The Hall–Kier alpha value is -4.54. The predicted molar refractivity (Wildman–Crippen MR) is 400 cm³/mol. The summed E-state index contributed by atoms with van der Waals surface area (Å²) in [5.41, 5.74) is 0. The Morgan fingerprint density at radius 1 is 0.153 bits per heavy atom. The van der Waals surface area contributed by atoms with Crippen molar-refractivity contribution < 1.29 is 14.1 Å². The second kappa shape index (κ2) is 24.1. The molecule has 0 radical (unpaired) electrons. The van der Waals surface area contributed by atoms with E-state index in [1.807, 2.05) is 0 Å². The van der Waals surface area contributed by atoms with Gasteiger partial charge in [0.1, 0.15) is 0 Å². The molecule has 0 N–H and O–H groups in total. The summed E-state index contributed by atoms with van der Waals surface area (Å²) in [4.78, 5) is 0. The van der Waals surface area contributed by atoms with Gasteiger partial charge in [0.15, 0.2) is 0 Å². The van der Waals surface area contributed by atoms with Crippen LogP contribution in [0.15, 0.2) is 273 Å². The summed E-state index contributed by atoms with van der Waals surface area (Å²) in [5.74, 6) is 0. The fourth-order valence-corrected chi connectivity index (χ4v) is 152. The summed E-state index contributed by atoms with van der Waals surface area (Å²) in [6, 6.07) is 113. The maximum absolute atomic E-state index is 3.04. The number of benzene rings is 9. The topological polar surface area (TPSA) is 0 Å². The number of hydrogen-bond acceptors (Lipinski definition) is 0. The van der Waals surface area contributed by atoms with Gasteiger partial charge in [0.05, 0.1) is 0 Å². The van der Waals surface area contributed by atoms with Gasteiger partial charge in [0.25, 0.3) is 0 Å². The minimum absolute atomic E-state index is 0.147. The van der Waals surface area contributed by atoms with Gasteiger partial charge in [-0.15, -0.1) is 0 Å². The third-order valence-electron chi connectivity index (χ3n) is 22.3. The zero-order valence-corrected chi connectivity index (χ0v) is 65.2. The van der Waals surface area contributed by atoms with Gasteiger partial charge in [-0.25, -0.2) is 0 Å². The predicted octanol–water partition coefficient (Wildman–Crippen LogP) is 15.5. The molecule has 10 heteroatoms. The van der Waals surface area contributed by atoms with Crippen LogP contribution in [0.5, 0.6) is 0 Å². The Morgan fingerprint density at radius 3 is 0.318 bits per heavy atom. The van der Waals surface area contributed by atoms with Crippen LogP contribution < -0.4 is 46.7 Å². The van der Waals surface area contributed by atoms with Gasteiger partial charge in [0.2, 0.25) is 0 Å². The first kappa shape index (κ1) is 64.9. The van der Waals surface area contributed by atoms with Crippen LogP contribution in [0.2, 0.25) is 127 Å². The third-order valence-corrected chi connectivity index (χ3v) is 120. The molecule has 0 unspecified atom stereocenters. The van der Waals surface area contributed by atoms with E-state index in [0.29, 0.717) is 0 Å². The van der Waals surface area contributed by atoms with Gasteiger partial charge >= 0.3 is 534 Å². The molecule has 0 spiro atoms. The van der Waals surface area contributed by atoms with Crippen molar-refractivity contribution in [3.63, 3.8) is 0 Å². The number of hydrogen-bond donors (Lipinski definition) is 0. The zero-order valence-electron chi connectivity index (χ0n) is 54.9. The molecule has 441 valence electrons. The number of rotatable bonds is 21. The van der Waals surface area contributed by atoms with Crippen LogP contribution >= 0.6 is 0 Å². The standard InChI is InChI=1S/3C25H33Si3.Cr/c3*1-26(2,22-16-10-7-11-17-22)25(27(3,4)23-18-12-8-13-19-23)28(5,6)24-20-14-9-15-21-24;/h3*7-21H,1-6H3;. The van der Waals surface area contributed by atoms with Crippen molar-refractivity contribution in [2.75, 3.05) is 0 Å². The van der Waals surface area contributed by atoms with Crippen molar-refractivity contribution >= 4 is 119 Å². The summed E-state index contributed by atoms with van der Waals surface area (Å²) in [7, 11) is -27.4. The van der Waals surface area contributed by atoms with Crippen molar-refractivity contribution in [2.24, 2.45) is 0 Å². The molecule has 9 rings (SSSR count). The SMILES string of the molecule is C[Si](C)(c1ccccc1)[C]([Cr]([C]([Si](C)(C)c1ccccc1)([Si](C)(C)c1ccccc1)[Si](C)(C)c1ccccc1)[C]([Si](C)(C)c1ccccc1)([Si](C)(C)c1ccccc1)[Si](C)(C)c1ccccc1)([Si](C)(C)c1ccccc1)[Si](C)(C)c1ccccc1. The van der Waals surface area contributed by atoms with E-state index in [2.05, 4.69) is 391 Å². The van der Waals surface area contributed by atoms with Crippen molar-refractivity contribution in [1.29, 1.82) is 0 Å². The van der Waals surface area contributed by atoms with Crippen LogP contribution in [-0.4, -0.2) is 72.7 Å². The molecule has 0 aliphatic carbocycles. The van der Waals surface area contributed by atoms with E-state index in [4.69, 9.17) is 0 Å². The van der Waals surface area contributed by atoms with E-state index in [1.54, 1.807) is 46.7 Å². The molecular formula is C75H99CrSi9. The minimum atomic E-state index is -3.04. The Bertz CT molecular complexity index is 2850. The Morgan fingerprint density at radius 2 is 0.235 bits per heavy atom. The summed E-state index contributed by atoms with van der Waals surface area (Å²) < 4.78 is -0.442. The molecule has 0 amide bonds. The molecular weight excluding hydrogens is 1210 g/mol. The van der Waals surface area contributed by atoms with Crippen LogP contribution in [-0.2, 0) is 14.1 Å². The van der Waals surface area contributed by atoms with Gasteiger partial charge in [-0.3, -0.25) is 0 Å². The molecule has 0 nitrogen and oxygen atoms in total. The average Bonchev–Trinajstić information content (AvgIpc) is 0.628. The summed E-state index contributed by atoms with van der Waals surface area (Å²) >= 11 is -2.76. The normalized spacial score (nSPS) is 13.9. The van der Waals surface area contributed by atoms with Crippen LogP contribution in [0, 0.1) is 0 Å². The van der Waals surface area contributed by atoms with Gasteiger partial charge in [-0.1, -0.05) is 0 Å². The van der Waals surface area contributed by atoms with Crippen LogP contribution in [0.4, 0.5) is 0 Å². The van der Waals surface area contributed by atoms with Crippen LogP contribution in [0.3, 0.4) is 0 Å². The maximum atomic E-state index is 3.03. The van der Waals surface area contributed by atoms with E-state index in [0.717, 1.165) is 0 Å². The summed E-state index contributed by atoms with van der Waals surface area (Å²) in [5, 5.41) is 14.8. The molecule has 0 saturated carbocycles. The van der Waals surface area contributed by atoms with Crippen LogP contribution in [0.1, 0.15) is 0 Å². The van der Waals surface area contributed by atoms with E-state index in [1.165, 1.54) is 0 Å². The average molecular weight is 1310 g/mol. The van der Waals surface area contributed by atoms with Gasteiger partial charge in [-0.2, -0.15) is 0 Å². The Labute approximate surface area is 529 Å². The molecule has 0 atom stereocenters. The molecule has 0 aliphatic heterocycles. The second-order valence-corrected chi connectivity index (χ2v) is 84.1. The third kappa shape index (κ3) is 9.81. The fraction of sp³-hybridized carbons (Fsp3) is 0.280. The Kier molecular flexibility index (Phi) is 18.4. The summed E-state index contributed by atoms with van der Waals surface area (Å²) in [6.07, 6.45) is 0. The summed E-state index contributed by atoms with van der Waals surface area (Å²) in [6.45, 7) is 54.5. The molecule has 0 saturated heterocycles. The van der Waals surface area contributed by atoms with Gasteiger partial charge < -0.3 is 0 Å². The molecule has 9 aromatic carbocycles. The van der Waals surface area contributed by atoms with E-state index < -0.39 is 86.8 Å². The molecule has 9 aromatic rings. The van der Waals surface area contributed by atoms with Crippen molar-refractivity contribution in [1.82, 2.24) is 0 Å². The molecule has 0 heterocycles. The fourth-order valence-electron chi connectivity index (χ4n) is 19.5. The van der Waals surface area contributed by atoms with Crippen molar-refractivity contribution in [3.05, 3.63) is 273 Å². The van der Waals surface area contributed by atoms with Crippen LogP contribution in [0.25, 0.3) is 0 Å². The molecule has 0 aliphatic rings. The van der Waals surface area contributed by atoms with Crippen molar-refractivity contribution in [3.8, 4) is 0 Å². The monoisotopic (exact) mass is 1300 g/mol.